The molecule has 5 aromatic rings. The second-order valence-corrected chi connectivity index (χ2v) is 7.10. The van der Waals surface area contributed by atoms with Gasteiger partial charge in [0.25, 0.3) is 0 Å². The molecule has 0 amide bonds. The Bertz CT molecular complexity index is 1290. The van der Waals surface area contributed by atoms with Crippen molar-refractivity contribution in [1.82, 2.24) is 15.0 Å². The van der Waals surface area contributed by atoms with E-state index >= 15 is 0 Å². The average molecular weight is 381 g/mol. The maximum Gasteiger partial charge on any atom is 0.159 e. The number of hydrazone groups is 1. The van der Waals surface area contributed by atoms with Gasteiger partial charge in [-0.05, 0) is 29.3 Å². The monoisotopic (exact) mass is 381 g/mol. The summed E-state index contributed by atoms with van der Waals surface area (Å²) in [6, 6.07) is 20.3. The van der Waals surface area contributed by atoms with E-state index in [9.17, 15) is 0 Å². The Kier molecular flexibility index (Phi) is 4.23. The predicted octanol–water partition coefficient (Wildman–Crippen LogP) is 5.35. The highest BCUT2D eigenvalue weighted by Crippen LogP contribution is 2.36. The molecule has 3 heterocycles. The van der Waals surface area contributed by atoms with Crippen LogP contribution in [0.3, 0.4) is 0 Å². The highest BCUT2D eigenvalue weighted by atomic mass is 32.1. The standard InChI is InChI=1S/C22H15N5S/c1-2-5-16(6-3-1)18-13-28-22-20(18)21(24-14-25-22)27-26-12-15-8-9-19-17(11-15)7-4-10-23-19/h1-14H,(H,24,25,27). The normalized spacial score (nSPS) is 11.4. The molecule has 0 aliphatic heterocycles. The van der Waals surface area contributed by atoms with Crippen molar-refractivity contribution >= 4 is 44.5 Å². The molecule has 0 aliphatic carbocycles. The van der Waals surface area contributed by atoms with E-state index in [4.69, 9.17) is 0 Å². The van der Waals surface area contributed by atoms with E-state index in [1.54, 1.807) is 30.1 Å². The van der Waals surface area contributed by atoms with Crippen LogP contribution in [0.5, 0.6) is 0 Å². The molecule has 0 radical (unpaired) electrons. The fourth-order valence-electron chi connectivity index (χ4n) is 3.13. The van der Waals surface area contributed by atoms with Crippen molar-refractivity contribution in [1.29, 1.82) is 0 Å². The summed E-state index contributed by atoms with van der Waals surface area (Å²) in [5, 5.41) is 8.58. The van der Waals surface area contributed by atoms with Crippen LogP contribution in [-0.2, 0) is 0 Å². The molecule has 5 nitrogen and oxygen atoms in total. The van der Waals surface area contributed by atoms with E-state index in [1.165, 1.54) is 0 Å². The molecule has 0 atom stereocenters. The Balaban J connectivity index is 1.48. The molecular formula is C22H15N5S. The zero-order chi connectivity index (χ0) is 18.8. The SMILES string of the molecule is C(=NNc1ncnc2scc(-c3ccccc3)c12)c1ccc2ncccc2c1. The quantitative estimate of drug-likeness (QED) is 0.337. The van der Waals surface area contributed by atoms with Gasteiger partial charge in [0.05, 0.1) is 17.1 Å². The van der Waals surface area contributed by atoms with Gasteiger partial charge in [0.15, 0.2) is 5.82 Å². The highest BCUT2D eigenvalue weighted by molar-refractivity contribution is 7.17. The van der Waals surface area contributed by atoms with Crippen LogP contribution in [0, 0.1) is 0 Å². The first-order chi connectivity index (χ1) is 13.9. The number of hydrogen-bond acceptors (Lipinski definition) is 6. The summed E-state index contributed by atoms with van der Waals surface area (Å²) in [5.74, 6) is 0.698. The molecule has 1 N–H and O–H groups in total. The molecule has 0 fully saturated rings. The second kappa shape index (κ2) is 7.17. The lowest BCUT2D eigenvalue weighted by Crippen LogP contribution is -1.95. The first-order valence-electron chi connectivity index (χ1n) is 8.80. The number of thiophene rings is 1. The highest BCUT2D eigenvalue weighted by Gasteiger charge is 2.12. The topological polar surface area (TPSA) is 63.1 Å². The first-order valence-corrected chi connectivity index (χ1v) is 9.68. The number of rotatable bonds is 4. The van der Waals surface area contributed by atoms with Gasteiger partial charge in [0.2, 0.25) is 0 Å². The molecule has 0 spiro atoms. The van der Waals surface area contributed by atoms with E-state index in [2.05, 4.69) is 49.1 Å². The van der Waals surface area contributed by atoms with Crippen molar-refractivity contribution in [2.24, 2.45) is 5.10 Å². The van der Waals surface area contributed by atoms with Crippen molar-refractivity contribution in [3.05, 3.63) is 84.1 Å². The summed E-state index contributed by atoms with van der Waals surface area (Å²) < 4.78 is 0. The third-order valence-electron chi connectivity index (χ3n) is 4.47. The number of nitrogens with zero attached hydrogens (tertiary/aromatic N) is 4. The Morgan fingerprint density at radius 3 is 2.79 bits per heavy atom. The lowest BCUT2D eigenvalue weighted by molar-refractivity contribution is 1.19. The maximum absolute atomic E-state index is 4.41. The van der Waals surface area contributed by atoms with Crippen molar-refractivity contribution in [2.45, 2.75) is 0 Å². The van der Waals surface area contributed by atoms with Gasteiger partial charge in [-0.15, -0.1) is 11.3 Å². The summed E-state index contributed by atoms with van der Waals surface area (Å²) in [6.07, 6.45) is 5.14. The fraction of sp³-hybridized carbons (Fsp3) is 0. The molecule has 5 rings (SSSR count). The number of nitrogens with one attached hydrogen (secondary N) is 1. The number of anilines is 1. The van der Waals surface area contributed by atoms with Gasteiger partial charge in [-0.25, -0.2) is 9.97 Å². The largest absolute Gasteiger partial charge is 0.261 e. The molecule has 0 saturated heterocycles. The smallest absolute Gasteiger partial charge is 0.159 e. The molecule has 0 bridgehead atoms. The summed E-state index contributed by atoms with van der Waals surface area (Å²) in [6.45, 7) is 0. The van der Waals surface area contributed by atoms with Gasteiger partial charge in [0, 0.05) is 22.5 Å². The van der Waals surface area contributed by atoms with Crippen LogP contribution >= 0.6 is 11.3 Å². The molecule has 28 heavy (non-hydrogen) atoms. The summed E-state index contributed by atoms with van der Waals surface area (Å²) in [4.78, 5) is 14.1. The van der Waals surface area contributed by atoms with Crippen LogP contribution in [0.15, 0.2) is 83.7 Å². The van der Waals surface area contributed by atoms with Gasteiger partial charge in [-0.1, -0.05) is 42.5 Å². The van der Waals surface area contributed by atoms with E-state index in [1.807, 2.05) is 42.5 Å². The molecule has 3 aromatic heterocycles. The minimum absolute atomic E-state index is 0.698. The first kappa shape index (κ1) is 16.5. The lowest BCUT2D eigenvalue weighted by atomic mass is 10.1. The van der Waals surface area contributed by atoms with E-state index in [-0.39, 0.29) is 0 Å². The molecule has 2 aromatic carbocycles. The van der Waals surface area contributed by atoms with E-state index in [0.717, 1.165) is 37.8 Å². The van der Waals surface area contributed by atoms with Gasteiger partial charge < -0.3 is 0 Å². The zero-order valence-corrected chi connectivity index (χ0v) is 15.6. The van der Waals surface area contributed by atoms with Crippen molar-refractivity contribution in [2.75, 3.05) is 5.43 Å². The number of fused-ring (bicyclic) bond motifs is 2. The van der Waals surface area contributed by atoms with Crippen LogP contribution in [-0.4, -0.2) is 21.2 Å². The third kappa shape index (κ3) is 3.10. The molecule has 0 aliphatic rings. The molecule has 0 saturated carbocycles. The Hall–Kier alpha value is -3.64. The van der Waals surface area contributed by atoms with Crippen molar-refractivity contribution in [3.8, 4) is 11.1 Å². The minimum Gasteiger partial charge on any atom is -0.261 e. The average Bonchev–Trinajstić information content (AvgIpc) is 3.19. The van der Waals surface area contributed by atoms with Crippen LogP contribution in [0.1, 0.15) is 5.56 Å². The Morgan fingerprint density at radius 2 is 1.86 bits per heavy atom. The van der Waals surface area contributed by atoms with E-state index < -0.39 is 0 Å². The van der Waals surface area contributed by atoms with Crippen molar-refractivity contribution < 1.29 is 0 Å². The molecule has 6 heteroatoms. The summed E-state index contributed by atoms with van der Waals surface area (Å²) in [7, 11) is 0. The Labute approximate surface area is 165 Å². The summed E-state index contributed by atoms with van der Waals surface area (Å²) in [5.41, 5.74) is 7.29. The number of benzene rings is 2. The van der Waals surface area contributed by atoms with Gasteiger partial charge in [-0.3, -0.25) is 10.4 Å². The zero-order valence-electron chi connectivity index (χ0n) is 14.8. The second-order valence-electron chi connectivity index (χ2n) is 6.24. The molecule has 0 unspecified atom stereocenters. The molecule has 134 valence electrons. The molecular weight excluding hydrogens is 366 g/mol. The summed E-state index contributed by atoms with van der Waals surface area (Å²) >= 11 is 1.60. The number of pyridine rings is 1. The predicted molar refractivity (Wildman–Crippen MR) is 116 cm³/mol. The van der Waals surface area contributed by atoms with Crippen molar-refractivity contribution in [3.63, 3.8) is 0 Å². The third-order valence-corrected chi connectivity index (χ3v) is 5.35. The maximum atomic E-state index is 4.41. The Morgan fingerprint density at radius 1 is 0.929 bits per heavy atom. The van der Waals surface area contributed by atoms with Gasteiger partial charge in [-0.2, -0.15) is 5.10 Å². The van der Waals surface area contributed by atoms with Gasteiger partial charge >= 0.3 is 0 Å². The fourth-order valence-corrected chi connectivity index (χ4v) is 4.05. The van der Waals surface area contributed by atoms with Crippen LogP contribution in [0.25, 0.3) is 32.2 Å². The van der Waals surface area contributed by atoms with Crippen LogP contribution in [0.4, 0.5) is 5.82 Å². The number of aromatic nitrogens is 3. The van der Waals surface area contributed by atoms with Gasteiger partial charge in [0.1, 0.15) is 11.2 Å². The van der Waals surface area contributed by atoms with Crippen LogP contribution in [0.2, 0.25) is 0 Å². The number of hydrogen-bond donors (Lipinski definition) is 1. The lowest BCUT2D eigenvalue weighted by Gasteiger charge is -2.04. The van der Waals surface area contributed by atoms with Crippen LogP contribution < -0.4 is 5.43 Å². The minimum atomic E-state index is 0.698. The van der Waals surface area contributed by atoms with E-state index in [0.29, 0.717) is 5.82 Å².